The van der Waals surface area contributed by atoms with Gasteiger partial charge in [-0.2, -0.15) is 5.10 Å². The summed E-state index contributed by atoms with van der Waals surface area (Å²) < 4.78 is 6.83. The molecule has 0 radical (unpaired) electrons. The van der Waals surface area contributed by atoms with E-state index in [1.807, 2.05) is 79.7 Å². The molecule has 1 unspecified atom stereocenters. The minimum atomic E-state index is -0.233. The Bertz CT molecular complexity index is 1190. The summed E-state index contributed by atoms with van der Waals surface area (Å²) in [4.78, 5) is 13.2. The first-order valence-corrected chi connectivity index (χ1v) is 10.3. The highest BCUT2D eigenvalue weighted by Gasteiger charge is 2.20. The number of aromatic nitrogens is 2. The van der Waals surface area contributed by atoms with Gasteiger partial charge in [0.2, 0.25) is 0 Å². The van der Waals surface area contributed by atoms with Gasteiger partial charge in [-0.3, -0.25) is 4.79 Å². The van der Waals surface area contributed by atoms with Gasteiger partial charge in [0.25, 0.3) is 5.91 Å². The molecule has 0 aliphatic carbocycles. The number of carbonyl (C=O) groups excluding carboxylic acids is 1. The van der Waals surface area contributed by atoms with Crippen LogP contribution < -0.4 is 10.1 Å². The van der Waals surface area contributed by atoms with Crippen LogP contribution >= 0.6 is 11.6 Å². The second-order valence-electron chi connectivity index (χ2n) is 7.11. The molecule has 1 heterocycles. The molecular formula is C25H22ClN3O2. The molecule has 0 fully saturated rings. The van der Waals surface area contributed by atoms with Crippen LogP contribution in [0.2, 0.25) is 5.02 Å². The summed E-state index contributed by atoms with van der Waals surface area (Å²) in [5, 5.41) is 8.27. The van der Waals surface area contributed by atoms with Crippen molar-refractivity contribution < 1.29 is 9.53 Å². The number of nitrogens with one attached hydrogen (secondary N) is 1. The number of amides is 1. The lowest BCUT2D eigenvalue weighted by molar-refractivity contribution is 0.0932. The maximum absolute atomic E-state index is 13.2. The van der Waals surface area contributed by atoms with Crippen LogP contribution in [0.1, 0.15) is 29.0 Å². The molecule has 4 rings (SSSR count). The van der Waals surface area contributed by atoms with Gasteiger partial charge in [0.1, 0.15) is 11.4 Å². The summed E-state index contributed by atoms with van der Waals surface area (Å²) in [6.07, 6.45) is 0. The van der Waals surface area contributed by atoms with E-state index in [1.54, 1.807) is 23.9 Å². The Kier molecular flexibility index (Phi) is 6.05. The van der Waals surface area contributed by atoms with E-state index < -0.39 is 0 Å². The third-order valence-corrected chi connectivity index (χ3v) is 5.38. The van der Waals surface area contributed by atoms with E-state index in [9.17, 15) is 4.79 Å². The number of benzene rings is 3. The highest BCUT2D eigenvalue weighted by molar-refractivity contribution is 6.32. The summed E-state index contributed by atoms with van der Waals surface area (Å²) in [7, 11) is 1.62. The van der Waals surface area contributed by atoms with Crippen LogP contribution in [0, 0.1) is 0 Å². The molecule has 1 amide bonds. The van der Waals surface area contributed by atoms with Crippen LogP contribution in [0.4, 0.5) is 0 Å². The monoisotopic (exact) mass is 431 g/mol. The number of methoxy groups -OCH3 is 1. The molecule has 4 aromatic rings. The minimum absolute atomic E-state index is 0.160. The molecule has 0 aliphatic rings. The normalized spacial score (nSPS) is 11.7. The van der Waals surface area contributed by atoms with Gasteiger partial charge < -0.3 is 10.1 Å². The van der Waals surface area contributed by atoms with Crippen molar-refractivity contribution in [1.29, 1.82) is 0 Å². The fourth-order valence-electron chi connectivity index (χ4n) is 3.35. The van der Waals surface area contributed by atoms with Crippen molar-refractivity contribution in [3.8, 4) is 22.7 Å². The summed E-state index contributed by atoms with van der Waals surface area (Å²) in [6, 6.07) is 26.3. The Morgan fingerprint density at radius 3 is 2.35 bits per heavy atom. The fraction of sp³-hybridized carbons (Fsp3) is 0.120. The van der Waals surface area contributed by atoms with Crippen molar-refractivity contribution in [3.63, 3.8) is 0 Å². The van der Waals surface area contributed by atoms with Crippen LogP contribution in [-0.2, 0) is 0 Å². The van der Waals surface area contributed by atoms with Crippen LogP contribution in [0.15, 0.2) is 84.9 Å². The maximum atomic E-state index is 13.2. The number of ether oxygens (including phenoxy) is 1. The number of halogens is 1. The van der Waals surface area contributed by atoms with Crippen molar-refractivity contribution in [2.45, 2.75) is 13.0 Å². The van der Waals surface area contributed by atoms with Crippen LogP contribution in [0.5, 0.6) is 5.75 Å². The lowest BCUT2D eigenvalue weighted by atomic mass is 10.1. The summed E-state index contributed by atoms with van der Waals surface area (Å²) >= 11 is 6.42. The molecular weight excluding hydrogens is 410 g/mol. The Morgan fingerprint density at radius 2 is 1.68 bits per heavy atom. The Balaban J connectivity index is 1.73. The zero-order valence-electron chi connectivity index (χ0n) is 17.2. The number of hydrogen-bond acceptors (Lipinski definition) is 3. The topological polar surface area (TPSA) is 56.1 Å². The van der Waals surface area contributed by atoms with Crippen molar-refractivity contribution >= 4 is 17.5 Å². The van der Waals surface area contributed by atoms with Crippen molar-refractivity contribution in [3.05, 3.63) is 101 Å². The average molecular weight is 432 g/mol. The first kappa shape index (κ1) is 20.7. The number of nitrogens with zero attached hydrogens (tertiary/aromatic N) is 2. The molecule has 0 saturated heterocycles. The third kappa shape index (κ3) is 4.47. The number of para-hydroxylation sites is 1. The standard InChI is InChI=1S/C25H22ClN3O2/c1-17(18-8-4-3-5-9-18)27-25(30)24-16-22(19-12-14-20(31-2)15-13-19)28-29(24)23-11-7-6-10-21(23)26/h3-17H,1-2H3,(H,27,30). The number of carbonyl (C=O) groups is 1. The third-order valence-electron chi connectivity index (χ3n) is 5.06. The van der Waals surface area contributed by atoms with Crippen LogP contribution in [0.25, 0.3) is 16.9 Å². The second-order valence-corrected chi connectivity index (χ2v) is 7.52. The summed E-state index contributed by atoms with van der Waals surface area (Å²) in [6.45, 7) is 1.95. The second kappa shape index (κ2) is 9.06. The van der Waals surface area contributed by atoms with Gasteiger partial charge in [-0.15, -0.1) is 0 Å². The first-order valence-electron chi connectivity index (χ1n) is 9.92. The van der Waals surface area contributed by atoms with Crippen molar-refractivity contribution in [1.82, 2.24) is 15.1 Å². The van der Waals surface area contributed by atoms with E-state index in [0.717, 1.165) is 16.9 Å². The number of hydrogen-bond donors (Lipinski definition) is 1. The Morgan fingerprint density at radius 1 is 1.00 bits per heavy atom. The molecule has 5 nitrogen and oxygen atoms in total. The lowest BCUT2D eigenvalue weighted by Gasteiger charge is -2.15. The molecule has 0 spiro atoms. The molecule has 6 heteroatoms. The summed E-state index contributed by atoms with van der Waals surface area (Å²) in [5.41, 5.74) is 3.61. The first-order chi connectivity index (χ1) is 15.1. The van der Waals surface area contributed by atoms with E-state index in [0.29, 0.717) is 22.1 Å². The van der Waals surface area contributed by atoms with Gasteiger partial charge in [-0.25, -0.2) is 4.68 Å². The molecule has 156 valence electrons. The van der Waals surface area contributed by atoms with Gasteiger partial charge in [0, 0.05) is 5.56 Å². The zero-order valence-corrected chi connectivity index (χ0v) is 18.0. The van der Waals surface area contributed by atoms with Gasteiger partial charge in [-0.05, 0) is 55.0 Å². The minimum Gasteiger partial charge on any atom is -0.497 e. The van der Waals surface area contributed by atoms with E-state index >= 15 is 0 Å². The molecule has 1 N–H and O–H groups in total. The van der Waals surface area contributed by atoms with Crippen LogP contribution in [-0.4, -0.2) is 22.8 Å². The molecule has 0 saturated carbocycles. The Hall–Kier alpha value is -3.57. The Labute approximate surface area is 186 Å². The van der Waals surface area contributed by atoms with E-state index in [1.165, 1.54) is 0 Å². The molecule has 0 aliphatic heterocycles. The predicted molar refractivity (Wildman–Crippen MR) is 123 cm³/mol. The smallest absolute Gasteiger partial charge is 0.270 e. The molecule has 0 bridgehead atoms. The SMILES string of the molecule is COc1ccc(-c2cc(C(=O)NC(C)c3ccccc3)n(-c3ccccc3Cl)n2)cc1. The summed E-state index contributed by atoms with van der Waals surface area (Å²) in [5.74, 6) is 0.521. The zero-order chi connectivity index (χ0) is 21.8. The van der Waals surface area contributed by atoms with Gasteiger partial charge in [-0.1, -0.05) is 54.1 Å². The highest BCUT2D eigenvalue weighted by atomic mass is 35.5. The molecule has 1 atom stereocenters. The van der Waals surface area contributed by atoms with Gasteiger partial charge in [0.05, 0.1) is 29.6 Å². The van der Waals surface area contributed by atoms with E-state index in [4.69, 9.17) is 21.4 Å². The maximum Gasteiger partial charge on any atom is 0.270 e. The van der Waals surface area contributed by atoms with Gasteiger partial charge >= 0.3 is 0 Å². The number of rotatable bonds is 6. The lowest BCUT2D eigenvalue weighted by Crippen LogP contribution is -2.28. The molecule has 1 aromatic heterocycles. The fourth-order valence-corrected chi connectivity index (χ4v) is 3.56. The predicted octanol–water partition coefficient (Wildman–Crippen LogP) is 5.69. The average Bonchev–Trinajstić information content (AvgIpc) is 3.25. The quantitative estimate of drug-likeness (QED) is 0.426. The van der Waals surface area contributed by atoms with Crippen LogP contribution in [0.3, 0.4) is 0 Å². The van der Waals surface area contributed by atoms with E-state index in [-0.39, 0.29) is 11.9 Å². The molecule has 3 aromatic carbocycles. The van der Waals surface area contributed by atoms with Crippen molar-refractivity contribution in [2.24, 2.45) is 0 Å². The largest absolute Gasteiger partial charge is 0.497 e. The van der Waals surface area contributed by atoms with E-state index in [2.05, 4.69) is 5.32 Å². The van der Waals surface area contributed by atoms with Crippen molar-refractivity contribution in [2.75, 3.05) is 7.11 Å². The molecule has 31 heavy (non-hydrogen) atoms. The van der Waals surface area contributed by atoms with Gasteiger partial charge in [0.15, 0.2) is 0 Å². The highest BCUT2D eigenvalue weighted by Crippen LogP contribution is 2.27.